The van der Waals surface area contributed by atoms with Gasteiger partial charge in [-0.3, -0.25) is 13.9 Å². The van der Waals surface area contributed by atoms with Gasteiger partial charge in [-0.2, -0.15) is 0 Å². The quantitative estimate of drug-likeness (QED) is 0.886. The molecule has 2 aromatic heterocycles. The van der Waals surface area contributed by atoms with E-state index >= 15 is 0 Å². The molecule has 1 saturated heterocycles. The van der Waals surface area contributed by atoms with Gasteiger partial charge in [0.1, 0.15) is 5.82 Å². The Balaban J connectivity index is 2.31. The van der Waals surface area contributed by atoms with E-state index in [0.717, 1.165) is 44.7 Å². The van der Waals surface area contributed by atoms with Crippen LogP contribution in [0.3, 0.4) is 0 Å². The van der Waals surface area contributed by atoms with Crippen molar-refractivity contribution >= 4 is 11.2 Å². The fraction of sp³-hybridized carbons (Fsp3) is 0.667. The molecule has 0 amide bonds. The summed E-state index contributed by atoms with van der Waals surface area (Å²) in [4.78, 5) is 29.4. The van der Waals surface area contributed by atoms with Crippen LogP contribution in [0.4, 0.5) is 0 Å². The number of rotatable bonds is 3. The van der Waals surface area contributed by atoms with Crippen LogP contribution in [0.5, 0.6) is 0 Å². The van der Waals surface area contributed by atoms with Gasteiger partial charge in [0.25, 0.3) is 5.56 Å². The fourth-order valence-electron chi connectivity index (χ4n) is 3.31. The van der Waals surface area contributed by atoms with E-state index in [1.807, 2.05) is 4.57 Å². The second-order valence-electron chi connectivity index (χ2n) is 6.02. The van der Waals surface area contributed by atoms with E-state index in [4.69, 9.17) is 4.98 Å². The Morgan fingerprint density at radius 2 is 1.86 bits per heavy atom. The van der Waals surface area contributed by atoms with Gasteiger partial charge in [-0.25, -0.2) is 9.78 Å². The molecule has 0 atom stereocenters. The first kappa shape index (κ1) is 15.0. The standard InChI is InChI=1S/C15H23N5O2/c1-4-9-20-11-13(18(2)15(22)19(3)14(11)21)17-12(20)10-5-7-16-8-6-10/h10,16H,4-9H2,1-3H3. The molecule has 1 fully saturated rings. The summed E-state index contributed by atoms with van der Waals surface area (Å²) < 4.78 is 4.68. The lowest BCUT2D eigenvalue weighted by Gasteiger charge is -2.22. The van der Waals surface area contributed by atoms with E-state index in [1.54, 1.807) is 7.05 Å². The molecule has 7 heteroatoms. The number of fused-ring (bicyclic) bond motifs is 1. The minimum Gasteiger partial charge on any atom is -0.322 e. The largest absolute Gasteiger partial charge is 0.332 e. The molecule has 22 heavy (non-hydrogen) atoms. The predicted molar refractivity (Wildman–Crippen MR) is 85.4 cm³/mol. The van der Waals surface area contributed by atoms with Crippen LogP contribution in [0.15, 0.2) is 9.59 Å². The number of piperidine rings is 1. The van der Waals surface area contributed by atoms with Crippen LogP contribution < -0.4 is 16.6 Å². The molecule has 0 bridgehead atoms. The maximum atomic E-state index is 12.6. The zero-order valence-electron chi connectivity index (χ0n) is 13.4. The number of hydrogen-bond acceptors (Lipinski definition) is 4. The van der Waals surface area contributed by atoms with Gasteiger partial charge in [0.15, 0.2) is 11.2 Å². The zero-order chi connectivity index (χ0) is 15.9. The molecular weight excluding hydrogens is 282 g/mol. The lowest BCUT2D eigenvalue weighted by atomic mass is 9.97. The van der Waals surface area contributed by atoms with Crippen molar-refractivity contribution in [2.24, 2.45) is 14.1 Å². The summed E-state index contributed by atoms with van der Waals surface area (Å²) in [6, 6.07) is 0. The molecule has 0 saturated carbocycles. The topological polar surface area (TPSA) is 73.8 Å². The highest BCUT2D eigenvalue weighted by molar-refractivity contribution is 5.71. The summed E-state index contributed by atoms with van der Waals surface area (Å²) in [7, 11) is 3.21. The van der Waals surface area contributed by atoms with Gasteiger partial charge in [-0.05, 0) is 32.4 Å². The van der Waals surface area contributed by atoms with Crippen LogP contribution in [0.2, 0.25) is 0 Å². The van der Waals surface area contributed by atoms with Gasteiger partial charge in [-0.15, -0.1) is 0 Å². The summed E-state index contributed by atoms with van der Waals surface area (Å²) in [6.07, 6.45) is 2.96. The molecular formula is C15H23N5O2. The summed E-state index contributed by atoms with van der Waals surface area (Å²) in [5.41, 5.74) is 0.491. The average molecular weight is 305 g/mol. The van der Waals surface area contributed by atoms with Gasteiger partial charge in [0.2, 0.25) is 0 Å². The predicted octanol–water partition coefficient (Wildman–Crippen LogP) is 0.311. The van der Waals surface area contributed by atoms with Crippen molar-refractivity contribution in [1.29, 1.82) is 0 Å². The summed E-state index contributed by atoms with van der Waals surface area (Å²) in [5, 5.41) is 3.35. The van der Waals surface area contributed by atoms with Gasteiger partial charge in [0.05, 0.1) is 0 Å². The Labute approximate surface area is 128 Å². The van der Waals surface area contributed by atoms with E-state index in [-0.39, 0.29) is 11.2 Å². The summed E-state index contributed by atoms with van der Waals surface area (Å²) in [5.74, 6) is 1.30. The first-order valence-electron chi connectivity index (χ1n) is 7.93. The summed E-state index contributed by atoms with van der Waals surface area (Å²) >= 11 is 0. The van der Waals surface area contributed by atoms with Crippen molar-refractivity contribution in [3.63, 3.8) is 0 Å². The van der Waals surface area contributed by atoms with Crippen molar-refractivity contribution in [3.8, 4) is 0 Å². The first-order valence-corrected chi connectivity index (χ1v) is 7.93. The second kappa shape index (κ2) is 5.72. The van der Waals surface area contributed by atoms with Crippen LogP contribution in [-0.4, -0.2) is 31.8 Å². The summed E-state index contributed by atoms with van der Waals surface area (Å²) in [6.45, 7) is 4.78. The maximum Gasteiger partial charge on any atom is 0.332 e. The Morgan fingerprint density at radius 1 is 1.18 bits per heavy atom. The van der Waals surface area contributed by atoms with Crippen molar-refractivity contribution < 1.29 is 0 Å². The third-order valence-electron chi connectivity index (χ3n) is 4.53. The molecule has 1 aliphatic heterocycles. The number of imidazole rings is 1. The minimum atomic E-state index is -0.324. The maximum absolute atomic E-state index is 12.6. The molecule has 3 heterocycles. The third-order valence-corrected chi connectivity index (χ3v) is 4.53. The van der Waals surface area contributed by atoms with Crippen LogP contribution in [0.25, 0.3) is 11.2 Å². The number of aromatic nitrogens is 4. The van der Waals surface area contributed by atoms with E-state index in [9.17, 15) is 9.59 Å². The Bertz CT molecular complexity index is 808. The van der Waals surface area contributed by atoms with E-state index < -0.39 is 0 Å². The molecule has 0 spiro atoms. The van der Waals surface area contributed by atoms with Crippen molar-refractivity contribution in [1.82, 2.24) is 24.0 Å². The van der Waals surface area contributed by atoms with Crippen molar-refractivity contribution in [2.45, 2.75) is 38.6 Å². The molecule has 0 aromatic carbocycles. The van der Waals surface area contributed by atoms with Crippen LogP contribution in [-0.2, 0) is 20.6 Å². The third kappa shape index (κ3) is 2.20. The van der Waals surface area contributed by atoms with Crippen molar-refractivity contribution in [2.75, 3.05) is 13.1 Å². The SMILES string of the molecule is CCCn1c(C2CCNCC2)nc2c1c(=O)n(C)c(=O)n2C. The second-order valence-corrected chi connectivity index (χ2v) is 6.02. The Kier molecular flexibility index (Phi) is 3.90. The van der Waals surface area contributed by atoms with Gasteiger partial charge in [0, 0.05) is 26.6 Å². The molecule has 120 valence electrons. The van der Waals surface area contributed by atoms with E-state index in [0.29, 0.717) is 17.1 Å². The highest BCUT2D eigenvalue weighted by Crippen LogP contribution is 2.26. The molecule has 0 unspecified atom stereocenters. The lowest BCUT2D eigenvalue weighted by molar-refractivity contribution is 0.431. The highest BCUT2D eigenvalue weighted by atomic mass is 16.2. The van der Waals surface area contributed by atoms with Gasteiger partial charge >= 0.3 is 5.69 Å². The van der Waals surface area contributed by atoms with Crippen molar-refractivity contribution in [3.05, 3.63) is 26.7 Å². The normalized spacial score (nSPS) is 16.5. The first-order chi connectivity index (χ1) is 10.6. The van der Waals surface area contributed by atoms with Crippen LogP contribution in [0, 0.1) is 0 Å². The van der Waals surface area contributed by atoms with Crippen LogP contribution in [0.1, 0.15) is 37.9 Å². The molecule has 1 N–H and O–H groups in total. The molecule has 3 rings (SSSR count). The Hall–Kier alpha value is -1.89. The molecule has 0 aliphatic carbocycles. The monoisotopic (exact) mass is 305 g/mol. The lowest BCUT2D eigenvalue weighted by Crippen LogP contribution is -2.37. The minimum absolute atomic E-state index is 0.251. The molecule has 2 aromatic rings. The molecule has 1 aliphatic rings. The number of nitrogens with zero attached hydrogens (tertiary/aromatic N) is 4. The Morgan fingerprint density at radius 3 is 2.50 bits per heavy atom. The van der Waals surface area contributed by atoms with E-state index in [1.165, 1.54) is 16.2 Å². The number of aryl methyl sites for hydroxylation is 2. The average Bonchev–Trinajstić information content (AvgIpc) is 2.92. The smallest absolute Gasteiger partial charge is 0.322 e. The fourth-order valence-corrected chi connectivity index (χ4v) is 3.31. The van der Waals surface area contributed by atoms with Gasteiger partial charge < -0.3 is 9.88 Å². The molecule has 0 radical (unpaired) electrons. The molecule has 7 nitrogen and oxygen atoms in total. The van der Waals surface area contributed by atoms with Gasteiger partial charge in [-0.1, -0.05) is 6.92 Å². The zero-order valence-corrected chi connectivity index (χ0v) is 13.4. The van der Waals surface area contributed by atoms with Crippen LogP contribution >= 0.6 is 0 Å². The number of hydrogen-bond donors (Lipinski definition) is 1. The van der Waals surface area contributed by atoms with E-state index in [2.05, 4.69) is 12.2 Å². The number of nitrogens with one attached hydrogen (secondary N) is 1. The highest BCUT2D eigenvalue weighted by Gasteiger charge is 2.25.